The van der Waals surface area contributed by atoms with Crippen molar-refractivity contribution in [2.45, 2.75) is 18.6 Å². The van der Waals surface area contributed by atoms with Gasteiger partial charge in [-0.1, -0.05) is 30.3 Å². The molecule has 0 spiro atoms. The van der Waals surface area contributed by atoms with E-state index < -0.39 is 11.6 Å². The molecule has 1 aromatic carbocycles. The molecule has 1 saturated heterocycles. The monoisotopic (exact) mass is 178 g/mol. The van der Waals surface area contributed by atoms with E-state index in [4.69, 9.17) is 9.84 Å². The molecule has 3 nitrogen and oxygen atoms in total. The van der Waals surface area contributed by atoms with Crippen molar-refractivity contribution in [1.82, 2.24) is 0 Å². The standard InChI is InChI=1S/C10H10O3/c1-10(9(11)12)8(13-10)7-5-3-2-4-6-7/h2-6,8H,1H3,(H,11,12)/t8-,10+/m1/s1. The normalized spacial score (nSPS) is 31.3. The summed E-state index contributed by atoms with van der Waals surface area (Å²) in [4.78, 5) is 10.7. The van der Waals surface area contributed by atoms with Crippen molar-refractivity contribution < 1.29 is 14.6 Å². The molecule has 2 atom stereocenters. The number of rotatable bonds is 2. The largest absolute Gasteiger partial charge is 0.479 e. The Morgan fingerprint density at radius 2 is 2.08 bits per heavy atom. The van der Waals surface area contributed by atoms with Gasteiger partial charge in [-0.15, -0.1) is 0 Å². The number of epoxide rings is 1. The minimum atomic E-state index is -1.01. The Kier molecular flexibility index (Phi) is 1.63. The Labute approximate surface area is 76.0 Å². The van der Waals surface area contributed by atoms with Crippen LogP contribution in [0, 0.1) is 0 Å². The number of ether oxygens (including phenoxy) is 1. The van der Waals surface area contributed by atoms with E-state index in [1.54, 1.807) is 6.92 Å². The molecule has 13 heavy (non-hydrogen) atoms. The highest BCUT2D eigenvalue weighted by Gasteiger charge is 2.59. The Morgan fingerprint density at radius 1 is 1.46 bits per heavy atom. The summed E-state index contributed by atoms with van der Waals surface area (Å²) in [6.45, 7) is 1.59. The van der Waals surface area contributed by atoms with E-state index in [2.05, 4.69) is 0 Å². The van der Waals surface area contributed by atoms with Gasteiger partial charge in [-0.05, 0) is 12.5 Å². The van der Waals surface area contributed by atoms with Crippen molar-refractivity contribution in [3.8, 4) is 0 Å². The zero-order valence-electron chi connectivity index (χ0n) is 7.23. The van der Waals surface area contributed by atoms with Gasteiger partial charge in [0.25, 0.3) is 0 Å². The van der Waals surface area contributed by atoms with Gasteiger partial charge in [0.2, 0.25) is 0 Å². The number of aliphatic carboxylic acids is 1. The molecule has 0 unspecified atom stereocenters. The number of carboxylic acids is 1. The average Bonchev–Trinajstić information content (AvgIpc) is 2.81. The van der Waals surface area contributed by atoms with Crippen LogP contribution in [0.15, 0.2) is 30.3 Å². The van der Waals surface area contributed by atoms with Gasteiger partial charge in [0, 0.05) is 0 Å². The second-order valence-corrected chi connectivity index (χ2v) is 3.32. The fourth-order valence-corrected chi connectivity index (χ4v) is 1.39. The maximum absolute atomic E-state index is 10.7. The van der Waals surface area contributed by atoms with Crippen LogP contribution in [0.4, 0.5) is 0 Å². The number of carboxylic acid groups (broad SMARTS) is 1. The minimum Gasteiger partial charge on any atom is -0.479 e. The summed E-state index contributed by atoms with van der Waals surface area (Å²) in [5.74, 6) is -0.902. The molecule has 1 aromatic rings. The van der Waals surface area contributed by atoms with Crippen LogP contribution in [0.25, 0.3) is 0 Å². The van der Waals surface area contributed by atoms with Crippen LogP contribution >= 0.6 is 0 Å². The number of hydrogen-bond donors (Lipinski definition) is 1. The zero-order chi connectivity index (χ0) is 9.47. The summed E-state index contributed by atoms with van der Waals surface area (Å²) < 4.78 is 5.15. The molecular weight excluding hydrogens is 168 g/mol. The lowest BCUT2D eigenvalue weighted by molar-refractivity contribution is -0.142. The molecule has 0 amide bonds. The van der Waals surface area contributed by atoms with Crippen LogP contribution in [-0.2, 0) is 9.53 Å². The molecular formula is C10H10O3. The van der Waals surface area contributed by atoms with Crippen molar-refractivity contribution in [1.29, 1.82) is 0 Å². The van der Waals surface area contributed by atoms with E-state index in [0.29, 0.717) is 0 Å². The van der Waals surface area contributed by atoms with Crippen molar-refractivity contribution in [3.05, 3.63) is 35.9 Å². The van der Waals surface area contributed by atoms with Crippen LogP contribution in [0.3, 0.4) is 0 Å². The van der Waals surface area contributed by atoms with E-state index in [1.807, 2.05) is 30.3 Å². The number of carbonyl (C=O) groups is 1. The first-order valence-corrected chi connectivity index (χ1v) is 4.11. The second kappa shape index (κ2) is 2.57. The summed E-state index contributed by atoms with van der Waals surface area (Å²) in [5.41, 5.74) is -0.0890. The molecule has 68 valence electrons. The Bertz CT molecular complexity index is 333. The molecule has 0 aliphatic carbocycles. The minimum absolute atomic E-state index is 0.286. The van der Waals surface area contributed by atoms with E-state index >= 15 is 0 Å². The summed E-state index contributed by atoms with van der Waals surface area (Å²) >= 11 is 0. The zero-order valence-corrected chi connectivity index (χ0v) is 7.23. The molecule has 1 heterocycles. The van der Waals surface area contributed by atoms with E-state index in [0.717, 1.165) is 5.56 Å². The third-order valence-electron chi connectivity index (χ3n) is 2.33. The molecule has 1 aliphatic rings. The maximum Gasteiger partial charge on any atom is 0.338 e. The van der Waals surface area contributed by atoms with Gasteiger partial charge < -0.3 is 9.84 Å². The molecule has 0 aromatic heterocycles. The van der Waals surface area contributed by atoms with Crippen molar-refractivity contribution >= 4 is 5.97 Å². The van der Waals surface area contributed by atoms with Crippen LogP contribution in [-0.4, -0.2) is 16.7 Å². The van der Waals surface area contributed by atoms with Gasteiger partial charge in [0.05, 0.1) is 0 Å². The first kappa shape index (κ1) is 8.26. The summed E-state index contributed by atoms with van der Waals surface area (Å²) in [6.07, 6.45) is -0.286. The fraction of sp³-hybridized carbons (Fsp3) is 0.300. The average molecular weight is 178 g/mol. The third-order valence-corrected chi connectivity index (χ3v) is 2.33. The first-order chi connectivity index (χ1) is 6.14. The lowest BCUT2D eigenvalue weighted by Crippen LogP contribution is -2.20. The molecule has 1 fully saturated rings. The van der Waals surface area contributed by atoms with Gasteiger partial charge in [-0.3, -0.25) is 0 Å². The van der Waals surface area contributed by atoms with Crippen LogP contribution in [0.2, 0.25) is 0 Å². The Morgan fingerprint density at radius 3 is 2.54 bits per heavy atom. The molecule has 1 N–H and O–H groups in total. The van der Waals surface area contributed by atoms with E-state index in [-0.39, 0.29) is 6.10 Å². The number of hydrogen-bond acceptors (Lipinski definition) is 2. The highest BCUT2D eigenvalue weighted by atomic mass is 16.6. The Balaban J connectivity index is 2.21. The van der Waals surface area contributed by atoms with Gasteiger partial charge in [0.15, 0.2) is 5.60 Å². The smallest absolute Gasteiger partial charge is 0.338 e. The predicted octanol–water partition coefficient (Wildman–Crippen LogP) is 1.60. The molecule has 1 aliphatic heterocycles. The van der Waals surface area contributed by atoms with E-state index in [9.17, 15) is 4.79 Å². The quantitative estimate of drug-likeness (QED) is 0.700. The van der Waals surface area contributed by atoms with Gasteiger partial charge in [0.1, 0.15) is 6.10 Å². The first-order valence-electron chi connectivity index (χ1n) is 4.11. The Hall–Kier alpha value is -1.35. The molecule has 2 rings (SSSR count). The van der Waals surface area contributed by atoms with Crippen LogP contribution in [0.1, 0.15) is 18.6 Å². The molecule has 0 saturated carbocycles. The molecule has 0 radical (unpaired) electrons. The summed E-state index contributed by atoms with van der Waals surface area (Å²) in [5, 5.41) is 8.82. The topological polar surface area (TPSA) is 49.8 Å². The summed E-state index contributed by atoms with van der Waals surface area (Å²) in [6, 6.07) is 9.39. The SMILES string of the molecule is C[C@]1(C(=O)O)O[C@@H]1c1ccccc1. The van der Waals surface area contributed by atoms with Crippen molar-refractivity contribution in [2.75, 3.05) is 0 Å². The molecule has 0 bridgehead atoms. The van der Waals surface area contributed by atoms with Gasteiger partial charge >= 0.3 is 5.97 Å². The third kappa shape index (κ3) is 1.21. The fourth-order valence-electron chi connectivity index (χ4n) is 1.39. The van der Waals surface area contributed by atoms with Crippen molar-refractivity contribution in [3.63, 3.8) is 0 Å². The lowest BCUT2D eigenvalue weighted by Gasteiger charge is -1.98. The highest BCUT2D eigenvalue weighted by Crippen LogP contribution is 2.49. The summed E-state index contributed by atoms with van der Waals surface area (Å²) in [7, 11) is 0. The number of benzene rings is 1. The van der Waals surface area contributed by atoms with Crippen LogP contribution < -0.4 is 0 Å². The second-order valence-electron chi connectivity index (χ2n) is 3.32. The maximum atomic E-state index is 10.7. The van der Waals surface area contributed by atoms with Crippen molar-refractivity contribution in [2.24, 2.45) is 0 Å². The van der Waals surface area contributed by atoms with Gasteiger partial charge in [-0.2, -0.15) is 0 Å². The van der Waals surface area contributed by atoms with E-state index in [1.165, 1.54) is 0 Å². The highest BCUT2D eigenvalue weighted by molar-refractivity contribution is 5.81. The predicted molar refractivity (Wildman–Crippen MR) is 46.3 cm³/mol. The van der Waals surface area contributed by atoms with Gasteiger partial charge in [-0.25, -0.2) is 4.79 Å². The van der Waals surface area contributed by atoms with Crippen LogP contribution in [0.5, 0.6) is 0 Å². The molecule has 3 heteroatoms. The lowest BCUT2D eigenvalue weighted by atomic mass is 10.0.